The number of carbonyl (C=O) groups is 1. The summed E-state index contributed by atoms with van der Waals surface area (Å²) in [6.45, 7) is 0.987. The van der Waals surface area contributed by atoms with Crippen LogP contribution < -0.4 is 5.32 Å². The maximum atomic E-state index is 13.5. The molecule has 0 saturated carbocycles. The van der Waals surface area contributed by atoms with E-state index < -0.39 is 5.91 Å². The maximum Gasteiger partial charge on any atom is 0.261 e. The summed E-state index contributed by atoms with van der Waals surface area (Å²) in [6.07, 6.45) is 6.17. The number of amides is 1. The fourth-order valence-electron chi connectivity index (χ4n) is 4.34. The van der Waals surface area contributed by atoms with Gasteiger partial charge in [-0.2, -0.15) is 5.26 Å². The van der Waals surface area contributed by atoms with Crippen LogP contribution in [-0.2, 0) is 17.8 Å². The molecule has 0 aliphatic rings. The van der Waals surface area contributed by atoms with E-state index in [0.29, 0.717) is 19.5 Å². The second-order valence-corrected chi connectivity index (χ2v) is 8.43. The quantitative estimate of drug-likeness (QED) is 0.245. The molecular formula is C29H23FN4O. The number of H-pyrrole nitrogens is 1. The highest BCUT2D eigenvalue weighted by Gasteiger charge is 2.11. The second-order valence-electron chi connectivity index (χ2n) is 8.43. The second kappa shape index (κ2) is 9.70. The molecular weight excluding hydrogens is 439 g/mol. The Morgan fingerprint density at radius 1 is 1.09 bits per heavy atom. The third-order valence-corrected chi connectivity index (χ3v) is 6.07. The summed E-state index contributed by atoms with van der Waals surface area (Å²) < 4.78 is 15.6. The van der Waals surface area contributed by atoms with Gasteiger partial charge in [0, 0.05) is 47.3 Å². The van der Waals surface area contributed by atoms with E-state index in [4.69, 9.17) is 0 Å². The molecule has 172 valence electrons. The number of benzene rings is 3. The minimum absolute atomic E-state index is 0.0578. The smallest absolute Gasteiger partial charge is 0.261 e. The number of aromatic amines is 1. The number of halogens is 1. The van der Waals surface area contributed by atoms with Crippen molar-refractivity contribution in [2.24, 2.45) is 0 Å². The molecule has 1 amide bonds. The number of nitriles is 1. The first-order chi connectivity index (χ1) is 17.1. The van der Waals surface area contributed by atoms with Crippen LogP contribution in [0.2, 0.25) is 0 Å². The molecule has 0 aliphatic carbocycles. The van der Waals surface area contributed by atoms with Crippen LogP contribution in [0.4, 0.5) is 4.39 Å². The Morgan fingerprint density at radius 2 is 1.97 bits per heavy atom. The van der Waals surface area contributed by atoms with E-state index in [9.17, 15) is 14.4 Å². The molecule has 5 nitrogen and oxygen atoms in total. The zero-order valence-corrected chi connectivity index (χ0v) is 19.0. The number of carbonyl (C=O) groups excluding carboxylic acids is 1. The summed E-state index contributed by atoms with van der Waals surface area (Å²) in [5.74, 6) is -0.647. The average molecular weight is 463 g/mol. The number of hydrogen-bond donors (Lipinski definition) is 2. The van der Waals surface area contributed by atoms with Gasteiger partial charge in [0.15, 0.2) is 0 Å². The van der Waals surface area contributed by atoms with Crippen molar-refractivity contribution in [3.8, 4) is 6.07 Å². The van der Waals surface area contributed by atoms with Crippen molar-refractivity contribution in [1.29, 1.82) is 5.26 Å². The lowest BCUT2D eigenvalue weighted by Crippen LogP contribution is -2.26. The van der Waals surface area contributed by atoms with Gasteiger partial charge in [0.1, 0.15) is 17.5 Å². The standard InChI is InChI=1S/C29H23FN4O/c30-25-5-3-4-21(16-25)19-34-13-11-22-14-20(8-9-28(22)34)15-24(17-31)29(35)32-12-10-23-18-33-27-7-2-1-6-26(23)27/h1-9,11,13-16,18,33H,10,12,19H2,(H,32,35). The Balaban J connectivity index is 1.27. The number of fused-ring (bicyclic) bond motifs is 2. The van der Waals surface area contributed by atoms with Gasteiger partial charge >= 0.3 is 0 Å². The van der Waals surface area contributed by atoms with Gasteiger partial charge in [-0.15, -0.1) is 0 Å². The molecule has 0 saturated heterocycles. The molecule has 0 aliphatic heterocycles. The number of hydrogen-bond acceptors (Lipinski definition) is 2. The van der Waals surface area contributed by atoms with Gasteiger partial charge in [0.25, 0.3) is 5.91 Å². The molecule has 2 N–H and O–H groups in total. The summed E-state index contributed by atoms with van der Waals surface area (Å²) in [5, 5.41) is 14.5. The monoisotopic (exact) mass is 462 g/mol. The van der Waals surface area contributed by atoms with Gasteiger partial charge in [0.2, 0.25) is 0 Å². The highest BCUT2D eigenvalue weighted by Crippen LogP contribution is 2.21. The summed E-state index contributed by atoms with van der Waals surface area (Å²) in [6, 6.07) is 24.3. The van der Waals surface area contributed by atoms with Gasteiger partial charge in [-0.25, -0.2) is 4.39 Å². The van der Waals surface area contributed by atoms with E-state index in [1.807, 2.05) is 77.6 Å². The van der Waals surface area contributed by atoms with Crippen molar-refractivity contribution in [3.05, 3.63) is 113 Å². The third-order valence-electron chi connectivity index (χ3n) is 6.07. The van der Waals surface area contributed by atoms with Crippen LogP contribution in [0.25, 0.3) is 27.9 Å². The first kappa shape index (κ1) is 22.2. The minimum Gasteiger partial charge on any atom is -0.361 e. The summed E-state index contributed by atoms with van der Waals surface area (Å²) in [7, 11) is 0. The number of aromatic nitrogens is 2. The maximum absolute atomic E-state index is 13.5. The predicted molar refractivity (Wildman–Crippen MR) is 136 cm³/mol. The van der Waals surface area contributed by atoms with Crippen molar-refractivity contribution >= 4 is 33.8 Å². The van der Waals surface area contributed by atoms with Gasteiger partial charge in [0.05, 0.1) is 0 Å². The fourth-order valence-corrected chi connectivity index (χ4v) is 4.34. The Bertz CT molecular complexity index is 1600. The average Bonchev–Trinajstić information content (AvgIpc) is 3.46. The molecule has 0 atom stereocenters. The lowest BCUT2D eigenvalue weighted by molar-refractivity contribution is -0.117. The highest BCUT2D eigenvalue weighted by atomic mass is 19.1. The van der Waals surface area contributed by atoms with Crippen molar-refractivity contribution in [2.75, 3.05) is 6.54 Å². The van der Waals surface area contributed by atoms with Crippen molar-refractivity contribution < 1.29 is 9.18 Å². The largest absolute Gasteiger partial charge is 0.361 e. The first-order valence-electron chi connectivity index (χ1n) is 11.4. The molecule has 3 aromatic carbocycles. The zero-order valence-electron chi connectivity index (χ0n) is 19.0. The van der Waals surface area contributed by atoms with Crippen molar-refractivity contribution in [1.82, 2.24) is 14.9 Å². The fraction of sp³-hybridized carbons (Fsp3) is 0.103. The Labute approximate surface area is 202 Å². The summed E-state index contributed by atoms with van der Waals surface area (Å²) >= 11 is 0. The lowest BCUT2D eigenvalue weighted by atomic mass is 10.1. The van der Waals surface area contributed by atoms with Gasteiger partial charge < -0.3 is 14.9 Å². The summed E-state index contributed by atoms with van der Waals surface area (Å²) in [5.41, 5.74) is 4.88. The van der Waals surface area contributed by atoms with E-state index >= 15 is 0 Å². The lowest BCUT2D eigenvalue weighted by Gasteiger charge is -2.07. The minimum atomic E-state index is -0.392. The SMILES string of the molecule is N#CC(=Cc1ccc2c(ccn2Cc2cccc(F)c2)c1)C(=O)NCCc1c[nH]c2ccccc12. The van der Waals surface area contributed by atoms with Crippen LogP contribution in [0.15, 0.2) is 90.8 Å². The molecule has 0 unspecified atom stereocenters. The van der Waals surface area contributed by atoms with E-state index in [1.165, 1.54) is 12.1 Å². The number of nitrogens with zero attached hydrogens (tertiary/aromatic N) is 2. The first-order valence-corrected chi connectivity index (χ1v) is 11.4. The van der Waals surface area contributed by atoms with Crippen molar-refractivity contribution in [2.45, 2.75) is 13.0 Å². The van der Waals surface area contributed by atoms with Crippen molar-refractivity contribution in [3.63, 3.8) is 0 Å². The van der Waals surface area contributed by atoms with Crippen LogP contribution in [0.1, 0.15) is 16.7 Å². The van der Waals surface area contributed by atoms with Gasteiger partial charge in [-0.1, -0.05) is 36.4 Å². The molecule has 0 fully saturated rings. The molecule has 5 rings (SSSR count). The van der Waals surface area contributed by atoms with Crippen LogP contribution in [-0.4, -0.2) is 22.0 Å². The van der Waals surface area contributed by atoms with Gasteiger partial charge in [-0.05, 0) is 65.6 Å². The zero-order chi connectivity index (χ0) is 24.2. The molecule has 0 bridgehead atoms. The summed E-state index contributed by atoms with van der Waals surface area (Å²) in [4.78, 5) is 15.9. The molecule has 35 heavy (non-hydrogen) atoms. The molecule has 0 spiro atoms. The van der Waals surface area contributed by atoms with E-state index in [2.05, 4.69) is 10.3 Å². The molecule has 5 aromatic rings. The van der Waals surface area contributed by atoms with E-state index in [1.54, 1.807) is 12.1 Å². The molecule has 2 heterocycles. The topological polar surface area (TPSA) is 73.6 Å². The molecule has 6 heteroatoms. The Kier molecular flexibility index (Phi) is 6.15. The third kappa shape index (κ3) is 4.85. The Hall–Kier alpha value is -4.63. The van der Waals surface area contributed by atoms with Crippen LogP contribution in [0.5, 0.6) is 0 Å². The van der Waals surface area contributed by atoms with Crippen LogP contribution in [0.3, 0.4) is 0 Å². The molecule has 0 radical (unpaired) electrons. The Morgan fingerprint density at radius 3 is 2.83 bits per heavy atom. The number of nitrogens with one attached hydrogen (secondary N) is 2. The predicted octanol–water partition coefficient (Wildman–Crippen LogP) is 5.58. The highest BCUT2D eigenvalue weighted by molar-refractivity contribution is 6.02. The normalized spacial score (nSPS) is 11.6. The van der Waals surface area contributed by atoms with E-state index in [-0.39, 0.29) is 11.4 Å². The number of para-hydroxylation sites is 1. The van der Waals surface area contributed by atoms with E-state index in [0.717, 1.165) is 38.5 Å². The number of rotatable bonds is 7. The van der Waals surface area contributed by atoms with Crippen LogP contribution >= 0.6 is 0 Å². The van der Waals surface area contributed by atoms with Gasteiger partial charge in [-0.3, -0.25) is 4.79 Å². The van der Waals surface area contributed by atoms with Crippen LogP contribution in [0, 0.1) is 17.1 Å². The molecule has 2 aromatic heterocycles.